The molecule has 0 saturated heterocycles. The Labute approximate surface area is 191 Å². The van der Waals surface area contributed by atoms with Gasteiger partial charge < -0.3 is 19.4 Å². The van der Waals surface area contributed by atoms with E-state index >= 15 is 0 Å². The van der Waals surface area contributed by atoms with Gasteiger partial charge in [-0.2, -0.15) is 0 Å². The topological polar surface area (TPSA) is 56.8 Å². The Morgan fingerprint density at radius 2 is 1.21 bits per heavy atom. The number of furan rings is 1. The Morgan fingerprint density at radius 3 is 2.06 bits per heavy atom. The Kier molecular flexibility index (Phi) is 4.65. The molecule has 0 bridgehead atoms. The molecule has 4 nitrogen and oxygen atoms in total. The second kappa shape index (κ2) is 7.82. The first kappa shape index (κ1) is 19.6. The summed E-state index contributed by atoms with van der Waals surface area (Å²) in [6, 6.07) is 36.3. The van der Waals surface area contributed by atoms with Gasteiger partial charge in [-0.25, -0.2) is 0 Å². The van der Waals surface area contributed by atoms with Crippen molar-refractivity contribution in [3.8, 4) is 0 Å². The zero-order valence-corrected chi connectivity index (χ0v) is 17.7. The van der Waals surface area contributed by atoms with E-state index in [9.17, 15) is 10.0 Å². The van der Waals surface area contributed by atoms with E-state index in [2.05, 4.69) is 47.4 Å². The van der Waals surface area contributed by atoms with Crippen LogP contribution in [0.2, 0.25) is 0 Å². The lowest BCUT2D eigenvalue weighted by molar-refractivity contribution is 0.426. The van der Waals surface area contributed by atoms with Crippen LogP contribution in [0.3, 0.4) is 0 Å². The highest BCUT2D eigenvalue weighted by Gasteiger charge is 2.16. The van der Waals surface area contributed by atoms with Crippen molar-refractivity contribution < 1.29 is 14.5 Å². The molecule has 5 heteroatoms. The van der Waals surface area contributed by atoms with Crippen molar-refractivity contribution in [3.63, 3.8) is 0 Å². The second-order valence-electron chi connectivity index (χ2n) is 8.11. The predicted molar refractivity (Wildman–Crippen MR) is 136 cm³/mol. The van der Waals surface area contributed by atoms with E-state index in [1.165, 1.54) is 0 Å². The van der Waals surface area contributed by atoms with Crippen LogP contribution in [-0.4, -0.2) is 17.2 Å². The number of rotatable bonds is 4. The molecule has 158 valence electrons. The van der Waals surface area contributed by atoms with Gasteiger partial charge >= 0.3 is 7.12 Å². The van der Waals surface area contributed by atoms with Crippen LogP contribution in [0.15, 0.2) is 114 Å². The quantitative estimate of drug-likeness (QED) is 0.343. The average Bonchev–Trinajstić information content (AvgIpc) is 3.22. The fourth-order valence-electron chi connectivity index (χ4n) is 4.43. The molecule has 6 aromatic rings. The molecule has 0 atom stereocenters. The molecular formula is C28H20BNO3. The van der Waals surface area contributed by atoms with Crippen LogP contribution >= 0.6 is 0 Å². The van der Waals surface area contributed by atoms with Crippen LogP contribution in [0.25, 0.3) is 32.7 Å². The Balaban J connectivity index is 1.54. The van der Waals surface area contributed by atoms with Gasteiger partial charge in [-0.15, -0.1) is 0 Å². The van der Waals surface area contributed by atoms with Crippen molar-refractivity contribution >= 4 is 62.4 Å². The molecule has 5 aromatic carbocycles. The van der Waals surface area contributed by atoms with Crippen LogP contribution in [-0.2, 0) is 0 Å². The molecule has 0 fully saturated rings. The summed E-state index contributed by atoms with van der Waals surface area (Å²) in [5.74, 6) is 0. The van der Waals surface area contributed by atoms with Gasteiger partial charge in [0.2, 0.25) is 0 Å². The van der Waals surface area contributed by atoms with Crippen LogP contribution < -0.4 is 10.4 Å². The van der Waals surface area contributed by atoms with E-state index < -0.39 is 7.12 Å². The minimum atomic E-state index is -1.48. The molecule has 0 unspecified atom stereocenters. The molecule has 0 aliphatic rings. The molecule has 1 aromatic heterocycles. The maximum absolute atomic E-state index is 9.51. The summed E-state index contributed by atoms with van der Waals surface area (Å²) in [6.07, 6.45) is 0. The van der Waals surface area contributed by atoms with Crippen LogP contribution in [0.4, 0.5) is 17.1 Å². The number of hydrogen-bond acceptors (Lipinski definition) is 4. The van der Waals surface area contributed by atoms with E-state index in [1.807, 2.05) is 54.6 Å². The summed E-state index contributed by atoms with van der Waals surface area (Å²) in [5, 5.41) is 23.2. The van der Waals surface area contributed by atoms with Crippen LogP contribution in [0.1, 0.15) is 0 Å². The average molecular weight is 429 g/mol. The maximum Gasteiger partial charge on any atom is 0.488 e. The van der Waals surface area contributed by atoms with Gasteiger partial charge in [0.15, 0.2) is 0 Å². The Hall–Kier alpha value is -4.06. The number of nitrogens with zero attached hydrogens (tertiary/aromatic N) is 1. The third kappa shape index (κ3) is 3.44. The van der Waals surface area contributed by atoms with E-state index in [0.29, 0.717) is 5.46 Å². The standard InChI is InChI=1S/C28H20BNO3/c31-29(32)21-12-10-20-17-23(13-11-19(20)16-21)30(22-6-2-1-3-7-22)24-14-15-28-26(18-24)25-8-4-5-9-27(25)33-28/h1-18,31-32H. The van der Waals surface area contributed by atoms with Crippen molar-refractivity contribution in [2.75, 3.05) is 4.90 Å². The number of benzene rings is 5. The fraction of sp³-hybridized carbons (Fsp3) is 0. The zero-order chi connectivity index (χ0) is 22.4. The molecule has 0 spiro atoms. The van der Waals surface area contributed by atoms with Crippen molar-refractivity contribution in [3.05, 3.63) is 109 Å². The first-order valence-corrected chi connectivity index (χ1v) is 10.8. The number of fused-ring (bicyclic) bond motifs is 4. The summed E-state index contributed by atoms with van der Waals surface area (Å²) in [6.45, 7) is 0. The summed E-state index contributed by atoms with van der Waals surface area (Å²) >= 11 is 0. The molecule has 0 aliphatic heterocycles. The summed E-state index contributed by atoms with van der Waals surface area (Å²) in [7, 11) is -1.48. The highest BCUT2D eigenvalue weighted by molar-refractivity contribution is 6.58. The molecular weight excluding hydrogens is 409 g/mol. The van der Waals surface area contributed by atoms with Crippen LogP contribution in [0, 0.1) is 0 Å². The molecule has 0 radical (unpaired) electrons. The van der Waals surface area contributed by atoms with E-state index in [1.54, 1.807) is 12.1 Å². The SMILES string of the molecule is OB(O)c1ccc2cc(N(c3ccccc3)c3ccc4oc5ccccc5c4c3)ccc2c1. The van der Waals surface area contributed by atoms with Gasteiger partial charge in [0.25, 0.3) is 0 Å². The third-order valence-corrected chi connectivity index (χ3v) is 6.04. The molecule has 6 rings (SSSR count). The first-order valence-electron chi connectivity index (χ1n) is 10.8. The molecule has 0 aliphatic carbocycles. The highest BCUT2D eigenvalue weighted by Crippen LogP contribution is 2.39. The molecule has 33 heavy (non-hydrogen) atoms. The smallest absolute Gasteiger partial charge is 0.456 e. The third-order valence-electron chi connectivity index (χ3n) is 6.04. The van der Waals surface area contributed by atoms with E-state index in [4.69, 9.17) is 4.42 Å². The van der Waals surface area contributed by atoms with Crippen molar-refractivity contribution in [2.24, 2.45) is 0 Å². The van der Waals surface area contributed by atoms with Gasteiger partial charge in [0, 0.05) is 27.8 Å². The van der Waals surface area contributed by atoms with Gasteiger partial charge in [-0.1, -0.05) is 60.7 Å². The lowest BCUT2D eigenvalue weighted by atomic mass is 9.79. The minimum Gasteiger partial charge on any atom is -0.456 e. The zero-order valence-electron chi connectivity index (χ0n) is 17.7. The fourth-order valence-corrected chi connectivity index (χ4v) is 4.43. The maximum atomic E-state index is 9.51. The molecule has 0 amide bonds. The van der Waals surface area contributed by atoms with Gasteiger partial charge in [-0.3, -0.25) is 0 Å². The van der Waals surface area contributed by atoms with Crippen molar-refractivity contribution in [2.45, 2.75) is 0 Å². The van der Waals surface area contributed by atoms with Crippen molar-refractivity contribution in [1.82, 2.24) is 0 Å². The number of hydrogen-bond donors (Lipinski definition) is 2. The molecule has 1 heterocycles. The predicted octanol–water partition coefficient (Wildman–Crippen LogP) is 5.89. The molecule has 0 saturated carbocycles. The summed E-state index contributed by atoms with van der Waals surface area (Å²) in [5.41, 5.74) is 5.31. The Bertz CT molecular complexity index is 1610. The van der Waals surface area contributed by atoms with Crippen LogP contribution in [0.5, 0.6) is 0 Å². The van der Waals surface area contributed by atoms with Gasteiger partial charge in [-0.05, 0) is 64.8 Å². The monoisotopic (exact) mass is 429 g/mol. The lowest BCUT2D eigenvalue weighted by Crippen LogP contribution is -2.29. The number of para-hydroxylation sites is 2. The molecule has 2 N–H and O–H groups in total. The summed E-state index contributed by atoms with van der Waals surface area (Å²) in [4.78, 5) is 2.22. The van der Waals surface area contributed by atoms with E-state index in [-0.39, 0.29) is 0 Å². The first-order chi connectivity index (χ1) is 16.2. The lowest BCUT2D eigenvalue weighted by Gasteiger charge is -2.26. The minimum absolute atomic E-state index is 0.479. The normalized spacial score (nSPS) is 11.3. The summed E-state index contributed by atoms with van der Waals surface area (Å²) < 4.78 is 6.03. The van der Waals surface area contributed by atoms with Gasteiger partial charge in [0.1, 0.15) is 11.2 Å². The Morgan fingerprint density at radius 1 is 0.545 bits per heavy atom. The largest absolute Gasteiger partial charge is 0.488 e. The second-order valence-corrected chi connectivity index (χ2v) is 8.11. The van der Waals surface area contributed by atoms with E-state index in [0.717, 1.165) is 49.8 Å². The highest BCUT2D eigenvalue weighted by atomic mass is 16.4. The van der Waals surface area contributed by atoms with Crippen molar-refractivity contribution in [1.29, 1.82) is 0 Å². The number of anilines is 3. The van der Waals surface area contributed by atoms with Gasteiger partial charge in [0.05, 0.1) is 0 Å².